The van der Waals surface area contributed by atoms with Crippen LogP contribution >= 0.6 is 34.3 Å². The van der Waals surface area contributed by atoms with E-state index in [1.54, 1.807) is 61.9 Å². The molecule has 20 nitrogen and oxygen atoms in total. The van der Waals surface area contributed by atoms with Gasteiger partial charge in [-0.15, -0.1) is 32.9 Å². The molecule has 6 heterocycles. The van der Waals surface area contributed by atoms with Crippen molar-refractivity contribution in [2.24, 2.45) is 10.4 Å². The number of aromatic nitrogens is 4. The van der Waals surface area contributed by atoms with Crippen LogP contribution in [0, 0.1) is 33.1 Å². The van der Waals surface area contributed by atoms with E-state index in [4.69, 9.17) is 16.6 Å². The summed E-state index contributed by atoms with van der Waals surface area (Å²) in [7, 11) is 0. The second-order valence-corrected chi connectivity index (χ2v) is 23.0. The number of aliphatic hydroxyl groups excluding tert-OH is 1. The summed E-state index contributed by atoms with van der Waals surface area (Å²) in [6.07, 6.45) is 4.83. The standard InChI is InChI=1S/C54H67ClN12O8S2/c1-10-33(47-30(4)59-27-76-47)15-14-28(2)45-51(74)58-25-42(71)60-36(21-40(69)57-24-43(72)62-48(54(7,8)9)52(75)66-26-37(68)22-39(66)50(73)63-45)13-11-12-20-56-41(70)23-38-49-65-64-32(6)67(49)53-44(29(3)31(5)77-53)46(61-38)34-16-18-35(55)19-17-34/h10,14-19,27,36-39,45,48,68H,2,11-13,20-26H2,1,3-9H3,(H,56,70)(H,57,69)(H,58,74)(H,60,71)(H,62,72)(H,63,73)/b15-14-,33-10+/t36-,37-,38+,39+,45+,48-/m1/s1. The molecule has 3 aliphatic heterocycles. The van der Waals surface area contributed by atoms with Crippen molar-refractivity contribution in [1.29, 1.82) is 0 Å². The van der Waals surface area contributed by atoms with Gasteiger partial charge in [0.1, 0.15) is 35.0 Å². The van der Waals surface area contributed by atoms with Crippen LogP contribution < -0.4 is 31.9 Å². The molecule has 2 saturated heterocycles. The first-order chi connectivity index (χ1) is 36.5. The predicted octanol–water partition coefficient (Wildman–Crippen LogP) is 4.56. The highest BCUT2D eigenvalue weighted by Gasteiger charge is 2.45. The van der Waals surface area contributed by atoms with Crippen LogP contribution in [0.1, 0.15) is 116 Å². The number of aryl methyl sites for hydroxylation is 3. The van der Waals surface area contributed by atoms with Gasteiger partial charge in [-0.2, -0.15) is 0 Å². The lowest BCUT2D eigenvalue weighted by Crippen LogP contribution is -2.59. The van der Waals surface area contributed by atoms with Gasteiger partial charge in [-0.3, -0.25) is 43.1 Å². The number of thiazole rings is 1. The maximum Gasteiger partial charge on any atom is 0.247 e. The maximum absolute atomic E-state index is 14.3. The van der Waals surface area contributed by atoms with Crippen LogP contribution in [0.5, 0.6) is 0 Å². The molecule has 7 rings (SSSR count). The average molecular weight is 1110 g/mol. The number of hydrogen-bond acceptors (Lipinski definition) is 14. The number of carbonyl (C=O) groups excluding carboxylic acids is 7. The summed E-state index contributed by atoms with van der Waals surface area (Å²) in [6, 6.07) is 2.10. The summed E-state index contributed by atoms with van der Waals surface area (Å²) in [5.74, 6) is -3.15. The van der Waals surface area contributed by atoms with E-state index < -0.39 is 90.3 Å². The molecule has 0 unspecified atom stereocenters. The summed E-state index contributed by atoms with van der Waals surface area (Å²) in [5.41, 5.74) is 6.13. The van der Waals surface area contributed by atoms with Crippen LogP contribution in [0.25, 0.3) is 10.6 Å². The Morgan fingerprint density at radius 3 is 2.34 bits per heavy atom. The van der Waals surface area contributed by atoms with Crippen molar-refractivity contribution < 1.29 is 38.7 Å². The van der Waals surface area contributed by atoms with Crippen molar-refractivity contribution in [1.82, 2.24) is 56.5 Å². The van der Waals surface area contributed by atoms with Gasteiger partial charge in [0.15, 0.2) is 5.82 Å². The van der Waals surface area contributed by atoms with Gasteiger partial charge >= 0.3 is 0 Å². The Hall–Kier alpha value is -6.88. The third kappa shape index (κ3) is 14.0. The number of carbonyl (C=O) groups is 7. The van der Waals surface area contributed by atoms with E-state index >= 15 is 0 Å². The molecule has 6 atom stereocenters. The molecule has 3 aliphatic rings. The fourth-order valence-corrected chi connectivity index (χ4v) is 11.6. The number of fused-ring (bicyclic) bond motifs is 4. The van der Waals surface area contributed by atoms with Gasteiger partial charge in [-0.05, 0) is 88.1 Å². The second kappa shape index (κ2) is 25.1. The number of allylic oxidation sites excluding steroid dienone is 3. The Bertz CT molecular complexity index is 3020. The first kappa shape index (κ1) is 57.8. The number of amides is 7. The number of thiophene rings is 1. The van der Waals surface area contributed by atoms with Crippen LogP contribution in [0.3, 0.4) is 0 Å². The minimum Gasteiger partial charge on any atom is -0.391 e. The minimum atomic E-state index is -1.44. The van der Waals surface area contributed by atoms with Crippen molar-refractivity contribution in [2.75, 3.05) is 26.2 Å². The zero-order valence-electron chi connectivity index (χ0n) is 44.5. The maximum atomic E-state index is 14.3. The zero-order chi connectivity index (χ0) is 55.9. The second-order valence-electron chi connectivity index (χ2n) is 20.5. The molecule has 0 bridgehead atoms. The first-order valence-corrected chi connectivity index (χ1v) is 27.6. The number of aliphatic imine (C=N–C) groups is 1. The summed E-state index contributed by atoms with van der Waals surface area (Å²) in [4.78, 5) is 110. The molecule has 0 saturated carbocycles. The van der Waals surface area contributed by atoms with E-state index in [1.807, 2.05) is 43.5 Å². The number of hydrogen-bond donors (Lipinski definition) is 7. The molecule has 0 spiro atoms. The smallest absolute Gasteiger partial charge is 0.247 e. The number of rotatable bonds is 12. The van der Waals surface area contributed by atoms with Gasteiger partial charge in [0.05, 0.1) is 47.4 Å². The van der Waals surface area contributed by atoms with Crippen molar-refractivity contribution >= 4 is 86.9 Å². The third-order valence-corrected chi connectivity index (χ3v) is 16.1. The lowest BCUT2D eigenvalue weighted by molar-refractivity contribution is -0.144. The summed E-state index contributed by atoms with van der Waals surface area (Å²) < 4.78 is 1.97. The highest BCUT2D eigenvalue weighted by atomic mass is 35.5. The Morgan fingerprint density at radius 2 is 1.65 bits per heavy atom. The largest absolute Gasteiger partial charge is 0.391 e. The number of nitrogens with one attached hydrogen (secondary N) is 6. The van der Waals surface area contributed by atoms with Gasteiger partial charge in [0, 0.05) is 53.0 Å². The van der Waals surface area contributed by atoms with Gasteiger partial charge < -0.3 is 41.9 Å². The number of aliphatic hydroxyl groups is 1. The van der Waals surface area contributed by atoms with Crippen LogP contribution in [-0.2, 0) is 33.6 Å². The van der Waals surface area contributed by atoms with Crippen LogP contribution in [0.2, 0.25) is 5.02 Å². The number of unbranched alkanes of at least 4 members (excludes halogenated alkanes) is 1. The third-order valence-electron chi connectivity index (χ3n) is 13.7. The monoisotopic (exact) mass is 1110 g/mol. The molecule has 0 aliphatic carbocycles. The average Bonchev–Trinajstić information content (AvgIpc) is 4.21. The normalized spacial score (nSPS) is 22.2. The molecule has 7 amide bonds. The fourth-order valence-electron chi connectivity index (χ4n) is 9.44. The van der Waals surface area contributed by atoms with Gasteiger partial charge in [-0.1, -0.05) is 69.3 Å². The van der Waals surface area contributed by atoms with Crippen molar-refractivity contribution in [2.45, 2.75) is 130 Å². The van der Waals surface area contributed by atoms with Crippen molar-refractivity contribution in [3.05, 3.63) is 109 Å². The molecule has 23 heteroatoms. The quantitative estimate of drug-likeness (QED) is 0.0764. The van der Waals surface area contributed by atoms with E-state index in [0.29, 0.717) is 29.5 Å². The van der Waals surface area contributed by atoms with E-state index in [0.717, 1.165) is 48.4 Å². The Balaban J connectivity index is 1.05. The predicted molar refractivity (Wildman–Crippen MR) is 296 cm³/mol. The molecule has 410 valence electrons. The van der Waals surface area contributed by atoms with E-state index in [9.17, 15) is 38.7 Å². The number of nitrogens with zero attached hydrogens (tertiary/aromatic N) is 6. The summed E-state index contributed by atoms with van der Waals surface area (Å²) >= 11 is 9.32. The molecular formula is C54H67ClN12O8S2. The number of benzene rings is 1. The van der Waals surface area contributed by atoms with Gasteiger partial charge in [0.2, 0.25) is 41.4 Å². The van der Waals surface area contributed by atoms with Gasteiger partial charge in [0.25, 0.3) is 0 Å². The lowest BCUT2D eigenvalue weighted by atomic mass is 9.85. The van der Waals surface area contributed by atoms with E-state index in [1.165, 1.54) is 16.2 Å². The Labute approximate surface area is 460 Å². The summed E-state index contributed by atoms with van der Waals surface area (Å²) in [5, 5.41) is 37.6. The molecule has 3 aromatic heterocycles. The minimum absolute atomic E-state index is 0.0233. The molecule has 2 fully saturated rings. The highest BCUT2D eigenvalue weighted by Crippen LogP contribution is 2.40. The van der Waals surface area contributed by atoms with Crippen molar-refractivity contribution in [3.63, 3.8) is 0 Å². The Morgan fingerprint density at radius 1 is 0.935 bits per heavy atom. The van der Waals surface area contributed by atoms with E-state index in [2.05, 4.69) is 67.5 Å². The molecule has 0 radical (unpaired) electrons. The number of halogens is 1. The Kier molecular flexibility index (Phi) is 18.8. The molecule has 77 heavy (non-hydrogen) atoms. The molecule has 7 N–H and O–H groups in total. The zero-order valence-corrected chi connectivity index (χ0v) is 46.9. The van der Waals surface area contributed by atoms with E-state index in [-0.39, 0.29) is 50.3 Å². The fraction of sp³-hybridized carbons (Fsp3) is 0.463. The topological polar surface area (TPSA) is 271 Å². The van der Waals surface area contributed by atoms with Crippen LogP contribution in [-0.4, -0.2) is 133 Å². The van der Waals surface area contributed by atoms with Crippen LogP contribution in [0.15, 0.2) is 65.1 Å². The van der Waals surface area contributed by atoms with Crippen molar-refractivity contribution in [3.8, 4) is 5.00 Å². The SMILES string of the molecule is C=C(/C=C\C(=C/C)c1scnc1C)[C@@H]1NC(=O)[C@@H]2C[C@@H](O)CN2C(=O)[C@H](C(C)(C)C)NC(=O)CNC(=O)C[C@@H](CCCCNC(=O)C[C@@H]2N=C(c3ccc(Cl)cc3)c3c(sc(C)c3C)-n3c(C)nnc32)NC(=O)CNC1=O. The van der Waals surface area contributed by atoms with Crippen LogP contribution in [0.4, 0.5) is 0 Å². The molecular weight excluding hydrogens is 1040 g/mol. The molecule has 4 aromatic rings. The summed E-state index contributed by atoms with van der Waals surface area (Å²) in [6.45, 7) is 18.0. The van der Waals surface area contributed by atoms with Gasteiger partial charge in [-0.25, -0.2) is 4.98 Å². The lowest BCUT2D eigenvalue weighted by Gasteiger charge is -2.35. The highest BCUT2D eigenvalue weighted by molar-refractivity contribution is 7.15. The first-order valence-electron chi connectivity index (χ1n) is 25.5. The molecule has 1 aromatic carbocycles.